The Balaban J connectivity index is 2.33. The van der Waals surface area contributed by atoms with Gasteiger partial charge >= 0.3 is 12.1 Å². The second kappa shape index (κ2) is 6.29. The van der Waals surface area contributed by atoms with Crippen LogP contribution in [0.15, 0.2) is 28.9 Å². The third-order valence-electron chi connectivity index (χ3n) is 2.88. The second-order valence-corrected chi connectivity index (χ2v) is 5.38. The Morgan fingerprint density at radius 3 is 2.45 bits per heavy atom. The van der Waals surface area contributed by atoms with Crippen LogP contribution in [0.25, 0.3) is 0 Å². The third-order valence-corrected chi connectivity index (χ3v) is 3.72. The molecule has 118 valence electrons. The van der Waals surface area contributed by atoms with Crippen LogP contribution in [0.4, 0.5) is 13.2 Å². The summed E-state index contributed by atoms with van der Waals surface area (Å²) in [6.07, 6.45) is -4.40. The summed E-state index contributed by atoms with van der Waals surface area (Å²) < 4.78 is 43.8. The number of rotatable bonds is 3. The Morgan fingerprint density at radius 2 is 1.95 bits per heavy atom. The molecule has 0 aliphatic carbocycles. The molecule has 4 nitrogen and oxygen atoms in total. The van der Waals surface area contributed by atoms with Crippen molar-refractivity contribution in [2.24, 2.45) is 0 Å². The van der Waals surface area contributed by atoms with Gasteiger partial charge in [0.25, 0.3) is 0 Å². The molecule has 0 N–H and O–H groups in total. The summed E-state index contributed by atoms with van der Waals surface area (Å²) in [4.78, 5) is 15.6. The number of esters is 1. The molecule has 1 aromatic heterocycles. The van der Waals surface area contributed by atoms with Crippen molar-refractivity contribution in [2.75, 3.05) is 7.11 Å². The topological polar surface area (TPSA) is 44.1 Å². The van der Waals surface area contributed by atoms with Crippen molar-refractivity contribution in [3.05, 3.63) is 51.0 Å². The summed E-state index contributed by atoms with van der Waals surface area (Å²) >= 11 is 9.03. The molecule has 0 aliphatic heterocycles. The summed E-state index contributed by atoms with van der Waals surface area (Å²) in [5.41, 5.74) is -0.125. The molecule has 0 radical (unpaired) electrons. The lowest BCUT2D eigenvalue weighted by Gasteiger charge is -2.10. The smallest absolute Gasteiger partial charge is 0.416 e. The van der Waals surface area contributed by atoms with Gasteiger partial charge in [0.2, 0.25) is 5.28 Å². The van der Waals surface area contributed by atoms with Crippen LogP contribution >= 0.6 is 27.5 Å². The molecule has 0 atom stereocenters. The number of hydrogen-bond acceptors (Lipinski definition) is 3. The zero-order valence-electron chi connectivity index (χ0n) is 11.1. The zero-order chi connectivity index (χ0) is 16.5. The molecule has 0 amide bonds. The maximum Gasteiger partial charge on any atom is 0.416 e. The SMILES string of the molecule is COC(=O)c1c(Br)nc(Cl)n1Cc1ccc(C(F)(F)F)cc1. The number of methoxy groups -OCH3 is 1. The summed E-state index contributed by atoms with van der Waals surface area (Å²) in [6, 6.07) is 4.56. The number of carbonyl (C=O) groups is 1. The molecule has 22 heavy (non-hydrogen) atoms. The van der Waals surface area contributed by atoms with Crippen molar-refractivity contribution in [3.8, 4) is 0 Å². The van der Waals surface area contributed by atoms with Gasteiger partial charge in [-0.3, -0.25) is 0 Å². The van der Waals surface area contributed by atoms with Crippen LogP contribution in [0.3, 0.4) is 0 Å². The van der Waals surface area contributed by atoms with E-state index in [2.05, 4.69) is 25.7 Å². The number of hydrogen-bond donors (Lipinski definition) is 0. The fraction of sp³-hybridized carbons (Fsp3) is 0.231. The predicted molar refractivity (Wildman–Crippen MR) is 76.8 cm³/mol. The van der Waals surface area contributed by atoms with Gasteiger partial charge in [0.15, 0.2) is 5.69 Å². The molecular formula is C13H9BrClF3N2O2. The van der Waals surface area contributed by atoms with Crippen molar-refractivity contribution < 1.29 is 22.7 Å². The number of ether oxygens (including phenoxy) is 1. The van der Waals surface area contributed by atoms with E-state index >= 15 is 0 Å². The average Bonchev–Trinajstić information content (AvgIpc) is 2.72. The molecule has 0 unspecified atom stereocenters. The Bertz CT molecular complexity index is 699. The first-order chi connectivity index (χ1) is 10.2. The first-order valence-electron chi connectivity index (χ1n) is 5.90. The minimum atomic E-state index is -4.40. The average molecular weight is 398 g/mol. The first-order valence-corrected chi connectivity index (χ1v) is 7.07. The predicted octanol–water partition coefficient (Wildman–Crippen LogP) is 4.15. The highest BCUT2D eigenvalue weighted by Crippen LogP contribution is 2.29. The Hall–Kier alpha value is -1.54. The van der Waals surface area contributed by atoms with Crippen LogP contribution in [-0.2, 0) is 17.5 Å². The van der Waals surface area contributed by atoms with Crippen molar-refractivity contribution >= 4 is 33.5 Å². The normalized spacial score (nSPS) is 11.5. The minimum absolute atomic E-state index is 0.0205. The van der Waals surface area contributed by atoms with Gasteiger partial charge in [0.05, 0.1) is 19.2 Å². The molecule has 2 aromatic rings. The first kappa shape index (κ1) is 16.8. The van der Waals surface area contributed by atoms with E-state index in [4.69, 9.17) is 11.6 Å². The van der Waals surface area contributed by atoms with Gasteiger partial charge in [-0.2, -0.15) is 13.2 Å². The number of halogens is 5. The molecule has 1 aromatic carbocycles. The van der Waals surface area contributed by atoms with E-state index in [9.17, 15) is 18.0 Å². The van der Waals surface area contributed by atoms with Crippen LogP contribution < -0.4 is 0 Å². The van der Waals surface area contributed by atoms with Crippen molar-refractivity contribution in [1.82, 2.24) is 9.55 Å². The molecular weight excluding hydrogens is 389 g/mol. The minimum Gasteiger partial charge on any atom is -0.464 e. The Labute approximate surface area is 137 Å². The van der Waals surface area contributed by atoms with E-state index < -0.39 is 17.7 Å². The van der Waals surface area contributed by atoms with Crippen LogP contribution in [0, 0.1) is 0 Å². The van der Waals surface area contributed by atoms with Gasteiger partial charge in [0.1, 0.15) is 4.60 Å². The highest BCUT2D eigenvalue weighted by Gasteiger charge is 2.30. The fourth-order valence-electron chi connectivity index (χ4n) is 1.82. The summed E-state index contributed by atoms with van der Waals surface area (Å²) in [7, 11) is 1.21. The molecule has 0 bridgehead atoms. The lowest BCUT2D eigenvalue weighted by atomic mass is 10.1. The van der Waals surface area contributed by atoms with Gasteiger partial charge in [-0.15, -0.1) is 0 Å². The van der Waals surface area contributed by atoms with E-state index in [0.717, 1.165) is 12.1 Å². The van der Waals surface area contributed by atoms with Crippen molar-refractivity contribution in [3.63, 3.8) is 0 Å². The van der Waals surface area contributed by atoms with Crippen LogP contribution in [0.1, 0.15) is 21.6 Å². The fourth-order valence-corrected chi connectivity index (χ4v) is 2.69. The van der Waals surface area contributed by atoms with E-state index in [0.29, 0.717) is 5.56 Å². The summed E-state index contributed by atoms with van der Waals surface area (Å²) in [6.45, 7) is 0.0833. The number of benzene rings is 1. The highest BCUT2D eigenvalue weighted by molar-refractivity contribution is 9.10. The van der Waals surface area contributed by atoms with Crippen LogP contribution in [0.5, 0.6) is 0 Å². The van der Waals surface area contributed by atoms with Gasteiger partial charge in [-0.05, 0) is 45.2 Å². The zero-order valence-corrected chi connectivity index (χ0v) is 13.5. The van der Waals surface area contributed by atoms with Gasteiger partial charge in [-0.25, -0.2) is 9.78 Å². The Morgan fingerprint density at radius 1 is 1.36 bits per heavy atom. The second-order valence-electron chi connectivity index (χ2n) is 4.29. The summed E-state index contributed by atoms with van der Waals surface area (Å²) in [5.74, 6) is -0.654. The molecule has 9 heteroatoms. The van der Waals surface area contributed by atoms with Crippen molar-refractivity contribution in [2.45, 2.75) is 12.7 Å². The molecule has 2 rings (SSSR count). The number of alkyl halides is 3. The third kappa shape index (κ3) is 3.44. The van der Waals surface area contributed by atoms with Gasteiger partial charge < -0.3 is 9.30 Å². The van der Waals surface area contributed by atoms with E-state index in [-0.39, 0.29) is 22.1 Å². The largest absolute Gasteiger partial charge is 0.464 e. The number of aromatic nitrogens is 2. The Kier molecular flexibility index (Phi) is 4.81. The molecule has 0 aliphatic rings. The standard InChI is InChI=1S/C13H9BrClF3N2O2/c1-22-11(21)9-10(14)19-12(15)20(9)6-7-2-4-8(5-3-7)13(16,17)18/h2-5H,6H2,1H3. The highest BCUT2D eigenvalue weighted by atomic mass is 79.9. The maximum atomic E-state index is 12.5. The van der Waals surface area contributed by atoms with E-state index in [1.807, 2.05) is 0 Å². The maximum absolute atomic E-state index is 12.5. The van der Waals surface area contributed by atoms with Crippen molar-refractivity contribution in [1.29, 1.82) is 0 Å². The summed E-state index contributed by atoms with van der Waals surface area (Å²) in [5, 5.41) is 0.0205. The van der Waals surface area contributed by atoms with E-state index in [1.54, 1.807) is 0 Å². The molecule has 0 spiro atoms. The number of imidazole rings is 1. The quantitative estimate of drug-likeness (QED) is 0.731. The number of nitrogens with zero attached hydrogens (tertiary/aromatic N) is 2. The van der Waals surface area contributed by atoms with Crippen LogP contribution in [0.2, 0.25) is 5.28 Å². The van der Waals surface area contributed by atoms with Gasteiger partial charge in [0, 0.05) is 0 Å². The van der Waals surface area contributed by atoms with Gasteiger partial charge in [-0.1, -0.05) is 12.1 Å². The molecule has 0 fully saturated rings. The molecule has 0 saturated heterocycles. The van der Waals surface area contributed by atoms with Crippen LogP contribution in [-0.4, -0.2) is 22.6 Å². The lowest BCUT2D eigenvalue weighted by molar-refractivity contribution is -0.137. The molecule has 1 heterocycles. The number of carbonyl (C=O) groups excluding carboxylic acids is 1. The van der Waals surface area contributed by atoms with E-state index in [1.165, 1.54) is 23.8 Å². The lowest BCUT2D eigenvalue weighted by Crippen LogP contribution is -2.12. The molecule has 0 saturated carbocycles. The monoisotopic (exact) mass is 396 g/mol.